The Balaban J connectivity index is 0.00000432. The number of benzene rings is 1. The molecule has 1 radical (unpaired) electrons. The zero-order valence-corrected chi connectivity index (χ0v) is 24.5. The van der Waals surface area contributed by atoms with Crippen LogP contribution in [0.5, 0.6) is 0 Å². The van der Waals surface area contributed by atoms with Gasteiger partial charge >= 0.3 is 0 Å². The Hall–Kier alpha value is -1.99. The first-order valence-electron chi connectivity index (χ1n) is 10.9. The molecule has 0 aliphatic heterocycles. The molecule has 1 amide bonds. The molecule has 1 aromatic heterocycles. The third-order valence-corrected chi connectivity index (χ3v) is 6.16. The SMILES string of the molecule is C=C(N[CH-]Cc1ccc(/C(C)=C(/C=N\NC=O)n2nc(C)cc2C)cc1)C1=C(Cl)CCC=C1Cl.[Y]. The Morgan fingerprint density at radius 3 is 2.60 bits per heavy atom. The number of hydrazone groups is 1. The minimum absolute atomic E-state index is 0. The van der Waals surface area contributed by atoms with E-state index in [1.807, 2.05) is 44.1 Å². The number of nitrogens with one attached hydrogen (secondary N) is 2. The average Bonchev–Trinajstić information content (AvgIpc) is 3.14. The summed E-state index contributed by atoms with van der Waals surface area (Å²) in [5, 5.41) is 13.1. The van der Waals surface area contributed by atoms with E-state index in [-0.39, 0.29) is 32.7 Å². The van der Waals surface area contributed by atoms with Crippen LogP contribution in [0.1, 0.15) is 42.3 Å². The van der Waals surface area contributed by atoms with Gasteiger partial charge in [-0.25, -0.2) is 16.7 Å². The van der Waals surface area contributed by atoms with Crippen LogP contribution in [-0.2, 0) is 43.9 Å². The summed E-state index contributed by atoms with van der Waals surface area (Å²) in [6, 6.07) is 10.2. The molecule has 0 saturated carbocycles. The van der Waals surface area contributed by atoms with Gasteiger partial charge in [-0.05, 0) is 50.8 Å². The maximum Gasteiger partial charge on any atom is 0.227 e. The van der Waals surface area contributed by atoms with E-state index in [1.165, 1.54) is 0 Å². The molecule has 1 aromatic carbocycles. The van der Waals surface area contributed by atoms with E-state index in [9.17, 15) is 4.79 Å². The first kappa shape index (κ1) is 29.2. The standard InChI is InChI=1S/C26H28Cl2N5O.Y/c1-17-14-18(2)33(32-17)25(15-30-31-16-34)19(3)22-10-8-21(9-11-22)12-13-29-20(4)26-23(27)6-5-7-24(26)28;/h6,8-11,13-16,29H,4-5,7,12H2,1-3H3,(H,31,34);/q-1;/b25-19-,30-15-;. The Morgan fingerprint density at radius 2 is 2.00 bits per heavy atom. The van der Waals surface area contributed by atoms with Gasteiger partial charge < -0.3 is 5.32 Å². The van der Waals surface area contributed by atoms with Gasteiger partial charge in [-0.3, -0.25) is 4.79 Å². The molecule has 0 atom stereocenters. The summed E-state index contributed by atoms with van der Waals surface area (Å²) in [7, 11) is 0. The summed E-state index contributed by atoms with van der Waals surface area (Å²) >= 11 is 12.6. The number of rotatable bonds is 10. The van der Waals surface area contributed by atoms with E-state index >= 15 is 0 Å². The molecule has 0 unspecified atom stereocenters. The molecule has 1 aliphatic rings. The maximum atomic E-state index is 10.6. The van der Waals surface area contributed by atoms with Crippen LogP contribution in [0.15, 0.2) is 69.4 Å². The van der Waals surface area contributed by atoms with Gasteiger partial charge in [-0.15, -0.1) is 6.42 Å². The van der Waals surface area contributed by atoms with E-state index in [0.717, 1.165) is 57.2 Å². The van der Waals surface area contributed by atoms with E-state index in [4.69, 9.17) is 23.2 Å². The van der Waals surface area contributed by atoms with E-state index < -0.39 is 0 Å². The zero-order chi connectivity index (χ0) is 24.7. The van der Waals surface area contributed by atoms with Crippen LogP contribution >= 0.6 is 23.2 Å². The number of halogens is 2. The molecule has 0 saturated heterocycles. The van der Waals surface area contributed by atoms with Crippen LogP contribution in [0.4, 0.5) is 0 Å². The van der Waals surface area contributed by atoms with Crippen molar-refractivity contribution in [2.24, 2.45) is 5.10 Å². The van der Waals surface area contributed by atoms with Gasteiger partial charge in [0.25, 0.3) is 0 Å². The molecular formula is C26H28Cl2N5OY-. The van der Waals surface area contributed by atoms with Crippen molar-refractivity contribution in [2.45, 2.75) is 40.0 Å². The van der Waals surface area contributed by atoms with E-state index in [1.54, 1.807) is 6.21 Å². The summed E-state index contributed by atoms with van der Waals surface area (Å²) < 4.78 is 1.82. The summed E-state index contributed by atoms with van der Waals surface area (Å²) in [5.41, 5.74) is 9.59. The second-order valence-electron chi connectivity index (χ2n) is 7.95. The summed E-state index contributed by atoms with van der Waals surface area (Å²) in [4.78, 5) is 10.6. The van der Waals surface area contributed by atoms with Gasteiger partial charge in [0.05, 0.1) is 17.6 Å². The number of nitrogens with zero attached hydrogens (tertiary/aromatic N) is 3. The normalized spacial score (nSPS) is 14.3. The van der Waals surface area contributed by atoms with Crippen molar-refractivity contribution in [3.8, 4) is 0 Å². The van der Waals surface area contributed by atoms with Gasteiger partial charge in [0.1, 0.15) is 0 Å². The van der Waals surface area contributed by atoms with Crippen LogP contribution in [0, 0.1) is 20.4 Å². The van der Waals surface area contributed by atoms with Gasteiger partial charge in [0.15, 0.2) is 0 Å². The summed E-state index contributed by atoms with van der Waals surface area (Å²) in [5.74, 6) is 0. The van der Waals surface area contributed by atoms with Crippen LogP contribution < -0.4 is 10.7 Å². The Bertz CT molecular complexity index is 1190. The largest absolute Gasteiger partial charge is 0.535 e. The molecule has 181 valence electrons. The van der Waals surface area contributed by atoms with Crippen molar-refractivity contribution >= 4 is 47.1 Å². The Kier molecular flexibility index (Phi) is 11.6. The fourth-order valence-corrected chi connectivity index (χ4v) is 4.42. The number of allylic oxidation sites excluding steroid dienone is 5. The molecule has 9 heteroatoms. The number of amides is 1. The first-order chi connectivity index (χ1) is 16.3. The number of aryl methyl sites for hydroxylation is 2. The molecule has 6 nitrogen and oxygen atoms in total. The van der Waals surface area contributed by atoms with Crippen molar-refractivity contribution in [3.63, 3.8) is 0 Å². The Morgan fingerprint density at radius 1 is 1.29 bits per heavy atom. The second-order valence-corrected chi connectivity index (χ2v) is 8.82. The van der Waals surface area contributed by atoms with Crippen molar-refractivity contribution in [1.29, 1.82) is 0 Å². The van der Waals surface area contributed by atoms with Crippen LogP contribution in [0.25, 0.3) is 11.3 Å². The second kappa shape index (κ2) is 13.9. The average molecular weight is 586 g/mol. The minimum atomic E-state index is 0. The topological polar surface area (TPSA) is 71.3 Å². The third kappa shape index (κ3) is 7.75. The zero-order valence-electron chi connectivity index (χ0n) is 20.1. The predicted molar refractivity (Wildman–Crippen MR) is 141 cm³/mol. The molecule has 2 N–H and O–H groups in total. The third-order valence-electron chi connectivity index (χ3n) is 5.44. The Labute approximate surface area is 242 Å². The summed E-state index contributed by atoms with van der Waals surface area (Å²) in [6.45, 7) is 11.9. The molecule has 0 fully saturated rings. The van der Waals surface area contributed by atoms with Gasteiger partial charge in [0, 0.05) is 59.7 Å². The van der Waals surface area contributed by atoms with Crippen molar-refractivity contribution in [1.82, 2.24) is 20.5 Å². The van der Waals surface area contributed by atoms with Crippen molar-refractivity contribution < 1.29 is 37.5 Å². The van der Waals surface area contributed by atoms with Gasteiger partial charge in [-0.2, -0.15) is 10.2 Å². The molecule has 0 bridgehead atoms. The first-order valence-corrected chi connectivity index (χ1v) is 11.7. The van der Waals surface area contributed by atoms with Crippen LogP contribution in [-0.4, -0.2) is 22.4 Å². The minimum Gasteiger partial charge on any atom is -0.535 e. The quantitative estimate of drug-likeness (QED) is 0.159. The fraction of sp³-hybridized carbons (Fsp3) is 0.231. The molecule has 0 spiro atoms. The van der Waals surface area contributed by atoms with Crippen molar-refractivity contribution in [2.75, 3.05) is 0 Å². The number of carbonyl (C=O) groups excluding carboxylic acids is 1. The van der Waals surface area contributed by atoms with Crippen LogP contribution in [0.2, 0.25) is 0 Å². The molecule has 35 heavy (non-hydrogen) atoms. The number of carbonyl (C=O) groups is 1. The molecule has 3 rings (SSSR count). The summed E-state index contributed by atoms with van der Waals surface area (Å²) in [6.07, 6.45) is 6.41. The smallest absolute Gasteiger partial charge is 0.227 e. The molecule has 2 aromatic rings. The van der Waals surface area contributed by atoms with E-state index in [0.29, 0.717) is 23.6 Å². The van der Waals surface area contributed by atoms with Gasteiger partial charge in [0.2, 0.25) is 6.41 Å². The monoisotopic (exact) mass is 585 g/mol. The van der Waals surface area contributed by atoms with Gasteiger partial charge in [-0.1, -0.05) is 65.7 Å². The van der Waals surface area contributed by atoms with Crippen LogP contribution in [0.3, 0.4) is 0 Å². The maximum absolute atomic E-state index is 10.6. The fourth-order valence-electron chi connectivity index (χ4n) is 3.71. The van der Waals surface area contributed by atoms with Crippen molar-refractivity contribution in [3.05, 3.63) is 93.4 Å². The molecule has 1 aliphatic carbocycles. The number of aromatic nitrogens is 2. The number of hydrogen-bond acceptors (Lipinski definition) is 4. The number of hydrogen-bond donors (Lipinski definition) is 2. The van der Waals surface area contributed by atoms with E-state index in [2.05, 4.69) is 51.8 Å². The predicted octanol–water partition coefficient (Wildman–Crippen LogP) is 5.83. The molecule has 1 heterocycles. The molecular weight excluding hydrogens is 558 g/mol.